The number of benzene rings is 1. The average Bonchev–Trinajstić information content (AvgIpc) is 3.33. The van der Waals surface area contributed by atoms with Gasteiger partial charge in [-0.3, -0.25) is 0 Å². The second kappa shape index (κ2) is 7.92. The summed E-state index contributed by atoms with van der Waals surface area (Å²) in [5, 5.41) is 5.94. The van der Waals surface area contributed by atoms with Gasteiger partial charge in [0.2, 0.25) is 0 Å². The summed E-state index contributed by atoms with van der Waals surface area (Å²) in [6, 6.07) is 8.74. The number of carbonyl (C=O) groups is 1. The minimum Gasteiger partial charge on any atom is -0.710 e. The maximum Gasteiger partial charge on any atom is 0.412 e. The van der Waals surface area contributed by atoms with E-state index in [1.54, 1.807) is 0 Å². The molecule has 0 spiro atoms. The van der Waals surface area contributed by atoms with Crippen LogP contribution in [-0.2, 0) is 20.3 Å². The number of carbonyl (C=O) groups excluding carboxylic acids is 1. The van der Waals surface area contributed by atoms with Crippen molar-refractivity contribution in [2.75, 3.05) is 6.61 Å². The molecule has 1 aromatic carbocycles. The Bertz CT molecular complexity index is 711. The Kier molecular flexibility index (Phi) is 5.69. The van der Waals surface area contributed by atoms with Crippen LogP contribution in [0.5, 0.6) is 0 Å². The number of esters is 1. The Labute approximate surface area is 168 Å². The van der Waals surface area contributed by atoms with E-state index in [1.807, 2.05) is 0 Å². The molecule has 0 saturated heterocycles. The molecule has 154 valence electrons. The van der Waals surface area contributed by atoms with Gasteiger partial charge >= 0.3 is 11.2 Å². The van der Waals surface area contributed by atoms with E-state index in [0.717, 1.165) is 25.2 Å². The second-order valence-electron chi connectivity index (χ2n) is 8.78. The summed E-state index contributed by atoms with van der Waals surface area (Å²) in [7, 11) is 0. The number of rotatable bonds is 7. The van der Waals surface area contributed by atoms with Crippen LogP contribution in [0.15, 0.2) is 24.3 Å². The van der Waals surface area contributed by atoms with Gasteiger partial charge in [-0.1, -0.05) is 29.8 Å². The molecule has 0 aromatic heterocycles. The first-order valence-electron chi connectivity index (χ1n) is 9.95. The quantitative estimate of drug-likeness (QED) is 0.295. The molecule has 2 bridgehead atoms. The Balaban J connectivity index is 1.31. The zero-order valence-electron chi connectivity index (χ0n) is 15.8. The van der Waals surface area contributed by atoms with E-state index in [1.165, 1.54) is 24.0 Å². The molecule has 3 aliphatic rings. The predicted octanol–water partition coefficient (Wildman–Crippen LogP) is 3.91. The van der Waals surface area contributed by atoms with E-state index in [2.05, 4.69) is 35.5 Å². The number of aryl methyl sites for hydroxylation is 1. The standard InChI is InChI=1S/C21H26F2O4S/c1-12-2-4-13(5-3-12)6-14-7-17-15-9-16(18(10-15)19(17)8-14)11-26-20(24)21(22,23)28-27-25/h2-5,14-19,25H,6-11H2,1H3/p-1. The first kappa shape index (κ1) is 20.1. The molecule has 6 unspecified atom stereocenters. The summed E-state index contributed by atoms with van der Waals surface area (Å²) in [6.07, 6.45) is 5.61. The summed E-state index contributed by atoms with van der Waals surface area (Å²) in [5.74, 6) is 1.60. The van der Waals surface area contributed by atoms with Gasteiger partial charge in [0.1, 0.15) is 0 Å². The Morgan fingerprint density at radius 1 is 1.14 bits per heavy atom. The second-order valence-corrected chi connectivity index (χ2v) is 9.59. The third-order valence-corrected chi connectivity index (χ3v) is 7.60. The number of ether oxygens (including phenoxy) is 1. The molecule has 0 N–H and O–H groups in total. The van der Waals surface area contributed by atoms with Crippen molar-refractivity contribution in [3.8, 4) is 0 Å². The van der Waals surface area contributed by atoms with Gasteiger partial charge in [0.15, 0.2) is 0 Å². The van der Waals surface area contributed by atoms with Crippen LogP contribution in [0.25, 0.3) is 0 Å². The molecule has 0 amide bonds. The molecular formula is C21H25F2O4S-. The monoisotopic (exact) mass is 411 g/mol. The zero-order chi connectivity index (χ0) is 19.9. The molecule has 3 aliphatic carbocycles. The van der Waals surface area contributed by atoms with Gasteiger partial charge in [0, 0.05) is 0 Å². The van der Waals surface area contributed by atoms with Gasteiger partial charge in [-0.15, -0.1) is 0 Å². The van der Waals surface area contributed by atoms with Gasteiger partial charge < -0.3 is 14.3 Å². The maximum absolute atomic E-state index is 13.3. The van der Waals surface area contributed by atoms with E-state index in [4.69, 9.17) is 4.74 Å². The predicted molar refractivity (Wildman–Crippen MR) is 98.9 cm³/mol. The van der Waals surface area contributed by atoms with Gasteiger partial charge in [0.25, 0.3) is 0 Å². The van der Waals surface area contributed by atoms with Crippen molar-refractivity contribution in [1.82, 2.24) is 0 Å². The van der Waals surface area contributed by atoms with Crippen LogP contribution in [-0.4, -0.2) is 17.8 Å². The highest BCUT2D eigenvalue weighted by Crippen LogP contribution is 2.62. The van der Waals surface area contributed by atoms with E-state index >= 15 is 0 Å². The van der Waals surface area contributed by atoms with Crippen molar-refractivity contribution in [1.29, 1.82) is 0 Å². The number of halogens is 2. The van der Waals surface area contributed by atoms with E-state index in [9.17, 15) is 18.8 Å². The van der Waals surface area contributed by atoms with Crippen LogP contribution >= 0.6 is 12.0 Å². The van der Waals surface area contributed by atoms with Crippen LogP contribution in [0.3, 0.4) is 0 Å². The first-order valence-corrected chi connectivity index (χ1v) is 10.7. The number of hydrogen-bond acceptors (Lipinski definition) is 5. The van der Waals surface area contributed by atoms with Crippen molar-refractivity contribution < 1.29 is 27.9 Å². The molecule has 1 aromatic rings. The summed E-state index contributed by atoms with van der Waals surface area (Å²) >= 11 is -0.706. The first-order chi connectivity index (χ1) is 13.4. The number of hydrogen-bond donors (Lipinski definition) is 0. The summed E-state index contributed by atoms with van der Waals surface area (Å²) < 4.78 is 34.6. The molecule has 4 rings (SSSR count). The summed E-state index contributed by atoms with van der Waals surface area (Å²) in [4.78, 5) is 11.5. The average molecular weight is 411 g/mol. The molecule has 28 heavy (non-hydrogen) atoms. The number of fused-ring (bicyclic) bond motifs is 5. The van der Waals surface area contributed by atoms with Crippen LogP contribution < -0.4 is 5.26 Å². The van der Waals surface area contributed by atoms with Crippen molar-refractivity contribution in [3.05, 3.63) is 35.4 Å². The highest BCUT2D eigenvalue weighted by molar-refractivity contribution is 7.96. The SMILES string of the molecule is Cc1ccc(CC2CC3C4CC(COC(=O)C(F)(F)SO[O-])C(C4)C3C2)cc1. The van der Waals surface area contributed by atoms with Crippen LogP contribution in [0, 0.1) is 42.4 Å². The molecule has 7 heteroatoms. The fourth-order valence-electron chi connectivity index (χ4n) is 6.09. The molecule has 4 nitrogen and oxygen atoms in total. The number of alkyl halides is 2. The lowest BCUT2D eigenvalue weighted by Crippen LogP contribution is -2.33. The molecular weight excluding hydrogens is 386 g/mol. The normalized spacial score (nSPS) is 33.9. The van der Waals surface area contributed by atoms with E-state index < -0.39 is 23.3 Å². The fourth-order valence-corrected chi connectivity index (χ4v) is 6.30. The highest BCUT2D eigenvalue weighted by Gasteiger charge is 2.56. The Morgan fingerprint density at radius 3 is 2.57 bits per heavy atom. The zero-order valence-corrected chi connectivity index (χ0v) is 16.6. The van der Waals surface area contributed by atoms with Gasteiger partial charge in [-0.2, -0.15) is 8.78 Å². The van der Waals surface area contributed by atoms with Crippen LogP contribution in [0.4, 0.5) is 8.78 Å². The third kappa shape index (κ3) is 3.94. The lowest BCUT2D eigenvalue weighted by atomic mass is 9.76. The van der Waals surface area contributed by atoms with Crippen LogP contribution in [0.1, 0.15) is 36.8 Å². The lowest BCUT2D eigenvalue weighted by Gasteiger charge is -2.31. The molecule has 0 heterocycles. The third-order valence-electron chi connectivity index (χ3n) is 7.15. The maximum atomic E-state index is 13.3. The molecule has 6 atom stereocenters. The summed E-state index contributed by atoms with van der Waals surface area (Å²) in [5.41, 5.74) is 2.65. The van der Waals surface area contributed by atoms with Crippen molar-refractivity contribution >= 4 is 18.0 Å². The topological polar surface area (TPSA) is 58.6 Å². The van der Waals surface area contributed by atoms with Crippen molar-refractivity contribution in [2.45, 2.75) is 44.3 Å². The Hall–Kier alpha value is -1.18. The Morgan fingerprint density at radius 2 is 1.86 bits per heavy atom. The summed E-state index contributed by atoms with van der Waals surface area (Å²) in [6.45, 7) is 2.11. The fraction of sp³-hybridized carbons (Fsp3) is 0.667. The highest BCUT2D eigenvalue weighted by atomic mass is 32.2. The van der Waals surface area contributed by atoms with E-state index in [0.29, 0.717) is 23.7 Å². The minimum absolute atomic E-state index is 0.0147. The van der Waals surface area contributed by atoms with Crippen molar-refractivity contribution in [3.63, 3.8) is 0 Å². The minimum atomic E-state index is -3.95. The smallest absolute Gasteiger partial charge is 0.412 e. The van der Waals surface area contributed by atoms with Crippen molar-refractivity contribution in [2.24, 2.45) is 35.5 Å². The van der Waals surface area contributed by atoms with Gasteiger partial charge in [-0.05, 0) is 80.1 Å². The van der Waals surface area contributed by atoms with Gasteiger partial charge in [-0.25, -0.2) is 4.79 Å². The largest absolute Gasteiger partial charge is 0.710 e. The van der Waals surface area contributed by atoms with E-state index in [-0.39, 0.29) is 12.5 Å². The van der Waals surface area contributed by atoms with Crippen LogP contribution in [0.2, 0.25) is 0 Å². The molecule has 0 radical (unpaired) electrons. The molecule has 3 fully saturated rings. The lowest BCUT2D eigenvalue weighted by molar-refractivity contribution is -0.630. The van der Waals surface area contributed by atoms with Gasteiger partial charge in [0.05, 0.1) is 18.6 Å². The molecule has 3 saturated carbocycles. The molecule has 0 aliphatic heterocycles.